The fourth-order valence-corrected chi connectivity index (χ4v) is 3.19. The zero-order valence-electron chi connectivity index (χ0n) is 15.7. The second kappa shape index (κ2) is 9.33. The van der Waals surface area contributed by atoms with E-state index in [1.807, 2.05) is 49.4 Å². The number of anilines is 1. The van der Waals surface area contributed by atoms with Crippen LogP contribution in [0.5, 0.6) is 0 Å². The van der Waals surface area contributed by atoms with Gasteiger partial charge in [0, 0.05) is 37.4 Å². The van der Waals surface area contributed by atoms with Gasteiger partial charge in [0.15, 0.2) is 0 Å². The minimum atomic E-state index is -0.125. The summed E-state index contributed by atoms with van der Waals surface area (Å²) in [6.07, 6.45) is 2.23. The van der Waals surface area contributed by atoms with Gasteiger partial charge in [-0.2, -0.15) is 0 Å². The molecule has 0 bridgehead atoms. The summed E-state index contributed by atoms with van der Waals surface area (Å²) in [5.41, 5.74) is 2.52. The second-order valence-electron chi connectivity index (χ2n) is 6.73. The van der Waals surface area contributed by atoms with Crippen molar-refractivity contribution in [3.63, 3.8) is 0 Å². The van der Waals surface area contributed by atoms with Gasteiger partial charge in [-0.05, 0) is 43.5 Å². The van der Waals surface area contributed by atoms with Gasteiger partial charge in [0.05, 0.1) is 6.10 Å². The number of rotatable bonds is 8. The molecular weight excluding hydrogens is 340 g/mol. The molecule has 1 heterocycles. The maximum atomic E-state index is 12.4. The normalized spacial score (nSPS) is 15.0. The molecule has 1 N–H and O–H groups in total. The number of amides is 2. The second-order valence-corrected chi connectivity index (χ2v) is 6.73. The molecule has 1 aliphatic heterocycles. The van der Waals surface area contributed by atoms with Crippen LogP contribution in [0.1, 0.15) is 48.2 Å². The van der Waals surface area contributed by atoms with Crippen LogP contribution >= 0.6 is 0 Å². The van der Waals surface area contributed by atoms with Crippen molar-refractivity contribution in [3.05, 3.63) is 65.7 Å². The summed E-state index contributed by atoms with van der Waals surface area (Å²) >= 11 is 0. The highest BCUT2D eigenvalue weighted by atomic mass is 16.5. The van der Waals surface area contributed by atoms with Crippen LogP contribution in [-0.2, 0) is 9.53 Å². The van der Waals surface area contributed by atoms with E-state index in [4.69, 9.17) is 4.74 Å². The fraction of sp³-hybridized carbons (Fsp3) is 0.364. The third-order valence-corrected chi connectivity index (χ3v) is 4.74. The molecule has 3 rings (SSSR count). The standard InChI is InChI=1S/C22H26N2O3/c1-17(18-8-3-2-4-9-18)27-15-7-13-23-22(26)19-10-5-11-20(16-19)24-14-6-12-21(24)25/h2-5,8-11,16-17H,6-7,12-15H2,1H3,(H,23,26). The lowest BCUT2D eigenvalue weighted by molar-refractivity contribution is -0.117. The summed E-state index contributed by atoms with van der Waals surface area (Å²) in [4.78, 5) is 26.0. The van der Waals surface area contributed by atoms with E-state index in [2.05, 4.69) is 5.32 Å². The van der Waals surface area contributed by atoms with Gasteiger partial charge in [0.25, 0.3) is 5.91 Å². The van der Waals surface area contributed by atoms with E-state index >= 15 is 0 Å². The first-order valence-corrected chi connectivity index (χ1v) is 9.50. The van der Waals surface area contributed by atoms with Gasteiger partial charge < -0.3 is 15.0 Å². The van der Waals surface area contributed by atoms with E-state index in [1.165, 1.54) is 0 Å². The minimum Gasteiger partial charge on any atom is -0.374 e. The van der Waals surface area contributed by atoms with Gasteiger partial charge in [0.2, 0.25) is 5.91 Å². The van der Waals surface area contributed by atoms with Crippen molar-refractivity contribution in [3.8, 4) is 0 Å². The molecule has 1 fully saturated rings. The summed E-state index contributed by atoms with van der Waals surface area (Å²) in [6, 6.07) is 17.3. The highest BCUT2D eigenvalue weighted by molar-refractivity contribution is 5.99. The molecule has 0 aliphatic carbocycles. The number of nitrogens with zero attached hydrogens (tertiary/aromatic N) is 1. The van der Waals surface area contributed by atoms with Crippen molar-refractivity contribution < 1.29 is 14.3 Å². The first-order valence-electron chi connectivity index (χ1n) is 9.50. The largest absolute Gasteiger partial charge is 0.374 e. The Balaban J connectivity index is 1.42. The summed E-state index contributed by atoms with van der Waals surface area (Å²) in [5.74, 6) is -0.00292. The molecule has 0 spiro atoms. The van der Waals surface area contributed by atoms with Crippen molar-refractivity contribution in [1.82, 2.24) is 5.32 Å². The van der Waals surface area contributed by atoms with Crippen LogP contribution in [-0.4, -0.2) is 31.5 Å². The number of carbonyl (C=O) groups excluding carboxylic acids is 2. The quantitative estimate of drug-likeness (QED) is 0.725. The summed E-state index contributed by atoms with van der Waals surface area (Å²) in [6.45, 7) is 3.88. The van der Waals surface area contributed by atoms with Crippen LogP contribution in [0.25, 0.3) is 0 Å². The number of nitrogens with one attached hydrogen (secondary N) is 1. The van der Waals surface area contributed by atoms with E-state index in [1.54, 1.807) is 17.0 Å². The maximum absolute atomic E-state index is 12.4. The predicted octanol–water partition coefficient (Wildman–Crippen LogP) is 3.71. The molecule has 5 heteroatoms. The predicted molar refractivity (Wildman–Crippen MR) is 106 cm³/mol. The molecule has 1 saturated heterocycles. The molecule has 2 aromatic rings. The zero-order valence-corrected chi connectivity index (χ0v) is 15.7. The molecule has 2 amide bonds. The van der Waals surface area contributed by atoms with Crippen molar-refractivity contribution in [2.75, 3.05) is 24.6 Å². The number of ether oxygens (including phenoxy) is 1. The molecule has 1 unspecified atom stereocenters. The Bertz CT molecular complexity index is 776. The first-order chi connectivity index (χ1) is 13.1. The Labute approximate surface area is 160 Å². The van der Waals surface area contributed by atoms with Gasteiger partial charge in [0.1, 0.15) is 0 Å². The third kappa shape index (κ3) is 5.17. The Kier molecular flexibility index (Phi) is 6.60. The average Bonchev–Trinajstić information content (AvgIpc) is 3.14. The summed E-state index contributed by atoms with van der Waals surface area (Å²) < 4.78 is 5.82. The Morgan fingerprint density at radius 2 is 2.00 bits per heavy atom. The van der Waals surface area contributed by atoms with Crippen molar-refractivity contribution in [1.29, 1.82) is 0 Å². The molecule has 0 radical (unpaired) electrons. The zero-order chi connectivity index (χ0) is 19.1. The van der Waals surface area contributed by atoms with Crippen LogP contribution < -0.4 is 10.2 Å². The molecule has 1 atom stereocenters. The lowest BCUT2D eigenvalue weighted by Gasteiger charge is -2.16. The van der Waals surface area contributed by atoms with Gasteiger partial charge in [-0.3, -0.25) is 9.59 Å². The Morgan fingerprint density at radius 3 is 2.74 bits per heavy atom. The monoisotopic (exact) mass is 366 g/mol. The minimum absolute atomic E-state index is 0.0385. The van der Waals surface area contributed by atoms with Gasteiger partial charge >= 0.3 is 0 Å². The molecular formula is C22H26N2O3. The van der Waals surface area contributed by atoms with Crippen molar-refractivity contribution in [2.24, 2.45) is 0 Å². The molecule has 142 valence electrons. The van der Waals surface area contributed by atoms with Crippen LogP contribution in [0.3, 0.4) is 0 Å². The number of hydrogen-bond donors (Lipinski definition) is 1. The lowest BCUT2D eigenvalue weighted by Crippen LogP contribution is -2.27. The van der Waals surface area contributed by atoms with Crippen molar-refractivity contribution in [2.45, 2.75) is 32.3 Å². The van der Waals surface area contributed by atoms with E-state index in [-0.39, 0.29) is 17.9 Å². The molecule has 5 nitrogen and oxygen atoms in total. The van der Waals surface area contributed by atoms with Crippen LogP contribution in [0.2, 0.25) is 0 Å². The highest BCUT2D eigenvalue weighted by Crippen LogP contribution is 2.22. The molecule has 0 aromatic heterocycles. The molecule has 1 aliphatic rings. The molecule has 27 heavy (non-hydrogen) atoms. The average molecular weight is 366 g/mol. The number of benzene rings is 2. The van der Waals surface area contributed by atoms with E-state index in [0.717, 1.165) is 30.6 Å². The third-order valence-electron chi connectivity index (χ3n) is 4.74. The van der Waals surface area contributed by atoms with Gasteiger partial charge in [-0.1, -0.05) is 36.4 Å². The highest BCUT2D eigenvalue weighted by Gasteiger charge is 2.22. The van der Waals surface area contributed by atoms with Crippen LogP contribution in [0.4, 0.5) is 5.69 Å². The van der Waals surface area contributed by atoms with Gasteiger partial charge in [-0.15, -0.1) is 0 Å². The SMILES string of the molecule is CC(OCCCNC(=O)c1cccc(N2CCCC2=O)c1)c1ccccc1. The Hall–Kier alpha value is -2.66. The maximum Gasteiger partial charge on any atom is 0.251 e. The lowest BCUT2D eigenvalue weighted by atomic mass is 10.1. The topological polar surface area (TPSA) is 58.6 Å². The summed E-state index contributed by atoms with van der Waals surface area (Å²) in [7, 11) is 0. The van der Waals surface area contributed by atoms with E-state index in [0.29, 0.717) is 25.1 Å². The van der Waals surface area contributed by atoms with E-state index < -0.39 is 0 Å². The number of hydrogen-bond acceptors (Lipinski definition) is 3. The molecule has 2 aromatic carbocycles. The smallest absolute Gasteiger partial charge is 0.251 e. The summed E-state index contributed by atoms with van der Waals surface area (Å²) in [5, 5.41) is 2.92. The van der Waals surface area contributed by atoms with Crippen LogP contribution in [0, 0.1) is 0 Å². The Morgan fingerprint density at radius 1 is 1.19 bits per heavy atom. The van der Waals surface area contributed by atoms with Crippen LogP contribution in [0.15, 0.2) is 54.6 Å². The number of carbonyl (C=O) groups is 2. The van der Waals surface area contributed by atoms with Gasteiger partial charge in [-0.25, -0.2) is 0 Å². The molecule has 0 saturated carbocycles. The fourth-order valence-electron chi connectivity index (χ4n) is 3.19. The van der Waals surface area contributed by atoms with Crippen molar-refractivity contribution >= 4 is 17.5 Å². The van der Waals surface area contributed by atoms with E-state index in [9.17, 15) is 9.59 Å². The first kappa shape index (κ1) is 19.1.